The Kier molecular flexibility index (Phi) is 8.11. The van der Waals surface area contributed by atoms with Crippen molar-refractivity contribution in [1.29, 1.82) is 0 Å². The van der Waals surface area contributed by atoms with E-state index in [2.05, 4.69) is 35.5 Å². The fourth-order valence-electron chi connectivity index (χ4n) is 4.24. The van der Waals surface area contributed by atoms with Crippen molar-refractivity contribution in [2.45, 2.75) is 52.1 Å². The Hall–Kier alpha value is 0.617. The van der Waals surface area contributed by atoms with Crippen LogP contribution in [0.15, 0.2) is 21.1 Å². The molecule has 22 heavy (non-hydrogen) atoms. The van der Waals surface area contributed by atoms with Crippen LogP contribution >= 0.6 is 0 Å². The Morgan fingerprint density at radius 3 is 2.45 bits per heavy atom. The molecule has 1 N–H and O–H groups in total. The van der Waals surface area contributed by atoms with Gasteiger partial charge in [0.15, 0.2) is 0 Å². The molecule has 0 radical (unpaired) electrons. The summed E-state index contributed by atoms with van der Waals surface area (Å²) in [6.07, 6.45) is 11.1. The first-order valence-electron chi connectivity index (χ1n) is 8.10. The fourth-order valence-corrected chi connectivity index (χ4v) is 23.9. The molecule has 2 nitrogen and oxygen atoms in total. The molecular formula is C16H26Cl2HfNOSi. The summed E-state index contributed by atoms with van der Waals surface area (Å²) >= 11 is -2.01. The molecule has 123 valence electrons. The van der Waals surface area contributed by atoms with E-state index in [1.165, 1.54) is 31.3 Å². The second kappa shape index (κ2) is 8.64. The van der Waals surface area contributed by atoms with Crippen molar-refractivity contribution in [2.24, 2.45) is 17.8 Å². The minimum Gasteiger partial charge on any atom is -1.00 e. The van der Waals surface area contributed by atoms with Gasteiger partial charge in [0.1, 0.15) is 0 Å². The van der Waals surface area contributed by atoms with Crippen molar-refractivity contribution in [3.8, 4) is 0 Å². The van der Waals surface area contributed by atoms with E-state index < -0.39 is 26.9 Å². The number of nitrogens with one attached hydrogen (secondary N) is 1. The predicted octanol–water partition coefficient (Wildman–Crippen LogP) is -2.70. The second-order valence-corrected chi connectivity index (χ2v) is 32.8. The molecule has 0 heterocycles. The van der Waals surface area contributed by atoms with E-state index in [9.17, 15) is 4.79 Å². The molecule has 2 saturated carbocycles. The third kappa shape index (κ3) is 4.37. The number of carbonyl (C=O) groups is 1. The van der Waals surface area contributed by atoms with Gasteiger partial charge in [0.25, 0.3) is 0 Å². The largest absolute Gasteiger partial charge is 1.00 e. The maximum absolute atomic E-state index is 12.7. The molecule has 0 aromatic rings. The van der Waals surface area contributed by atoms with E-state index in [-0.39, 0.29) is 24.8 Å². The standard InChI is InChI=1S/C8H13NO.C6H7.C2H7Si.2ClH.Hf/c9-8(10)7-4-5-1-2-6(7)3-5;1-6-4-2-3-5-6;1-3-2;;;/h5-7H,1-4H2,(H2,9,10);4-5H,2H2,1H3;3H,1-2H3;2*1H;/q;;;;;+3/p-3. The summed E-state index contributed by atoms with van der Waals surface area (Å²) in [5, 5.41) is 0. The second-order valence-electron chi connectivity index (χ2n) is 7.16. The molecular weight excluding hydrogens is 500 g/mol. The van der Waals surface area contributed by atoms with E-state index in [1.807, 2.05) is 0 Å². The van der Waals surface area contributed by atoms with E-state index in [1.54, 1.807) is 3.33 Å². The summed E-state index contributed by atoms with van der Waals surface area (Å²) < 4.78 is 5.30. The van der Waals surface area contributed by atoms with Crippen molar-refractivity contribution in [3.63, 3.8) is 0 Å². The first kappa shape index (κ1) is 20.7. The minimum absolute atomic E-state index is 0. The van der Waals surface area contributed by atoms with Crippen LogP contribution in [0.1, 0.15) is 39.0 Å². The van der Waals surface area contributed by atoms with Gasteiger partial charge >= 0.3 is 132 Å². The molecule has 1 amide bonds. The molecule has 3 aliphatic rings. The summed E-state index contributed by atoms with van der Waals surface area (Å²) in [5.74, 6) is 1.71. The van der Waals surface area contributed by atoms with E-state index in [4.69, 9.17) is 0 Å². The number of hydrogen-bond donors (Lipinski definition) is 1. The van der Waals surface area contributed by atoms with Crippen LogP contribution in [0.25, 0.3) is 0 Å². The molecule has 3 rings (SSSR count). The van der Waals surface area contributed by atoms with E-state index >= 15 is 0 Å². The van der Waals surface area contributed by atoms with Crippen LogP contribution in [-0.2, 0) is 25.7 Å². The molecule has 3 atom stereocenters. The number of hydrogen-bond acceptors (Lipinski definition) is 1. The normalized spacial score (nSPS) is 28.6. The van der Waals surface area contributed by atoms with Gasteiger partial charge in [0, 0.05) is 0 Å². The molecule has 2 bridgehead atoms. The zero-order chi connectivity index (χ0) is 14.3. The number of amides is 1. The van der Waals surface area contributed by atoms with E-state index in [0.29, 0.717) is 11.8 Å². The summed E-state index contributed by atoms with van der Waals surface area (Å²) in [6.45, 7) is 7.07. The number of fused-ring (bicyclic) bond motifs is 2. The molecule has 3 aliphatic carbocycles. The van der Waals surface area contributed by atoms with Crippen molar-refractivity contribution in [3.05, 3.63) is 21.1 Å². The maximum atomic E-state index is 12.7. The Balaban J connectivity index is 0.00000121. The third-order valence-electron chi connectivity index (χ3n) is 5.30. The smallest absolute Gasteiger partial charge is 1.00 e. The van der Waals surface area contributed by atoms with Gasteiger partial charge in [-0.3, -0.25) is 0 Å². The summed E-state index contributed by atoms with van der Waals surface area (Å²) in [7, 11) is 0. The van der Waals surface area contributed by atoms with Crippen LogP contribution in [0.2, 0.25) is 13.1 Å². The van der Waals surface area contributed by atoms with Crippen molar-refractivity contribution in [2.75, 3.05) is 0 Å². The fraction of sp³-hybridized carbons (Fsp3) is 0.688. The summed E-state index contributed by atoms with van der Waals surface area (Å²) in [5.41, 5.74) is 1.41. The number of carbonyl (C=O) groups excluding carboxylic acids is 1. The quantitative estimate of drug-likeness (QED) is 0.398. The van der Waals surface area contributed by atoms with Gasteiger partial charge in [0.05, 0.1) is 0 Å². The Morgan fingerprint density at radius 1 is 1.27 bits per heavy atom. The van der Waals surface area contributed by atoms with Gasteiger partial charge in [-0.15, -0.1) is 0 Å². The molecule has 0 spiro atoms. The topological polar surface area (TPSA) is 29.1 Å². The van der Waals surface area contributed by atoms with Gasteiger partial charge in [-0.25, -0.2) is 0 Å². The SMILES string of the molecule is CC1=CC[C]([Hf+2]([NH]C(=O)C2CC3CCC2C3)[SiH](C)C)=C1.[Cl-].[Cl-]. The van der Waals surface area contributed by atoms with Crippen LogP contribution in [0.5, 0.6) is 0 Å². The molecule has 0 aliphatic heterocycles. The van der Waals surface area contributed by atoms with Crippen LogP contribution in [0.3, 0.4) is 0 Å². The van der Waals surface area contributed by atoms with Gasteiger partial charge in [-0.2, -0.15) is 0 Å². The molecule has 3 unspecified atom stereocenters. The molecule has 0 aromatic heterocycles. The maximum Gasteiger partial charge on any atom is -1.00 e. The van der Waals surface area contributed by atoms with Crippen molar-refractivity contribution in [1.82, 2.24) is 3.30 Å². The Labute approximate surface area is 155 Å². The monoisotopic (exact) mass is 526 g/mol. The number of halogens is 2. The number of allylic oxidation sites excluding steroid dienone is 4. The average Bonchev–Trinajstić information content (AvgIpc) is 3.10. The van der Waals surface area contributed by atoms with Gasteiger partial charge in [0.2, 0.25) is 0 Å². The van der Waals surface area contributed by atoms with Crippen LogP contribution < -0.4 is 28.1 Å². The summed E-state index contributed by atoms with van der Waals surface area (Å²) in [6, 6.07) is 0. The number of rotatable bonds is 4. The van der Waals surface area contributed by atoms with Crippen molar-refractivity contribution >= 4 is 11.9 Å². The van der Waals surface area contributed by atoms with E-state index in [0.717, 1.165) is 18.3 Å². The van der Waals surface area contributed by atoms with Gasteiger partial charge < -0.3 is 24.8 Å². The molecule has 0 aromatic carbocycles. The van der Waals surface area contributed by atoms with Gasteiger partial charge in [-0.1, -0.05) is 0 Å². The average molecular weight is 526 g/mol. The Morgan fingerprint density at radius 2 is 2.00 bits per heavy atom. The van der Waals surface area contributed by atoms with Crippen LogP contribution in [-0.4, -0.2) is 11.9 Å². The zero-order valence-corrected chi connectivity index (χ0v) is 19.9. The summed E-state index contributed by atoms with van der Waals surface area (Å²) in [4.78, 5) is 12.7. The van der Waals surface area contributed by atoms with Crippen LogP contribution in [0.4, 0.5) is 0 Å². The zero-order valence-electron chi connectivity index (χ0n) is 13.7. The molecule has 6 heteroatoms. The predicted molar refractivity (Wildman–Crippen MR) is 82.4 cm³/mol. The molecule has 2 fully saturated rings. The third-order valence-corrected chi connectivity index (χ3v) is 28.7. The molecule has 0 saturated heterocycles. The van der Waals surface area contributed by atoms with Crippen LogP contribution in [0, 0.1) is 17.8 Å². The first-order chi connectivity index (χ1) is 9.54. The first-order valence-corrected chi connectivity index (χ1v) is 20.8. The van der Waals surface area contributed by atoms with Gasteiger partial charge in [-0.05, 0) is 0 Å². The van der Waals surface area contributed by atoms with Crippen molar-refractivity contribution < 1.29 is 50.5 Å². The Bertz CT molecular complexity index is 481. The minimum atomic E-state index is -2.01.